The van der Waals surface area contributed by atoms with E-state index in [9.17, 15) is 9.59 Å². The number of nitrogens with zero attached hydrogens (tertiary/aromatic N) is 1. The number of carbonyl (C=O) groups excluding carboxylic acids is 1. The number of amides is 1. The van der Waals surface area contributed by atoms with Crippen molar-refractivity contribution in [3.05, 3.63) is 0 Å². The molecule has 2 atom stereocenters. The minimum atomic E-state index is -1.04. The van der Waals surface area contributed by atoms with Crippen LogP contribution in [-0.4, -0.2) is 46.3 Å². The maximum absolute atomic E-state index is 11.8. The molecule has 0 unspecified atom stereocenters. The molecule has 0 bridgehead atoms. The minimum absolute atomic E-state index is 0.171. The fourth-order valence-electron chi connectivity index (χ4n) is 1.77. The summed E-state index contributed by atoms with van der Waals surface area (Å²) in [6.45, 7) is 5.57. The Kier molecular flexibility index (Phi) is 3.98. The lowest BCUT2D eigenvalue weighted by Crippen LogP contribution is -2.54. The second-order valence-electron chi connectivity index (χ2n) is 5.31. The molecule has 0 spiro atoms. The summed E-state index contributed by atoms with van der Waals surface area (Å²) in [6, 6.07) is -1.05. The van der Waals surface area contributed by atoms with Crippen LogP contribution >= 0.6 is 0 Å². The van der Waals surface area contributed by atoms with Gasteiger partial charge in [0.25, 0.3) is 0 Å². The number of likely N-dealkylation sites (tertiary alicyclic amines) is 1. The van der Waals surface area contributed by atoms with Crippen molar-refractivity contribution < 1.29 is 19.4 Å². The van der Waals surface area contributed by atoms with Gasteiger partial charge in [0.15, 0.2) is 0 Å². The molecule has 17 heavy (non-hydrogen) atoms. The lowest BCUT2D eigenvalue weighted by molar-refractivity contribution is -0.144. The second kappa shape index (κ2) is 4.91. The van der Waals surface area contributed by atoms with Crippen LogP contribution in [0.5, 0.6) is 0 Å². The number of piperidine rings is 1. The van der Waals surface area contributed by atoms with Gasteiger partial charge in [0.05, 0.1) is 0 Å². The molecule has 0 aromatic rings. The molecule has 0 aliphatic carbocycles. The van der Waals surface area contributed by atoms with Crippen molar-refractivity contribution in [3.63, 3.8) is 0 Å². The van der Waals surface area contributed by atoms with Crippen molar-refractivity contribution in [1.29, 1.82) is 0 Å². The highest BCUT2D eigenvalue weighted by Gasteiger charge is 2.37. The number of aliphatic carboxylic acids is 1. The van der Waals surface area contributed by atoms with Crippen molar-refractivity contribution in [2.45, 2.75) is 51.3 Å². The third-order valence-corrected chi connectivity index (χ3v) is 2.56. The average Bonchev–Trinajstić information content (AvgIpc) is 2.14. The highest BCUT2D eigenvalue weighted by Crippen LogP contribution is 2.20. The lowest BCUT2D eigenvalue weighted by Gasteiger charge is -2.36. The Morgan fingerprint density at radius 1 is 1.41 bits per heavy atom. The van der Waals surface area contributed by atoms with E-state index in [0.717, 1.165) is 0 Å². The SMILES string of the molecule is CC(C)(C)OC(=O)N1CC[C@@H](N)C[C@H]1C(=O)O. The van der Waals surface area contributed by atoms with Crippen LogP contribution in [0.3, 0.4) is 0 Å². The summed E-state index contributed by atoms with van der Waals surface area (Å²) < 4.78 is 5.18. The van der Waals surface area contributed by atoms with Gasteiger partial charge in [0.2, 0.25) is 0 Å². The van der Waals surface area contributed by atoms with Crippen LogP contribution < -0.4 is 5.73 Å². The first kappa shape index (κ1) is 13.8. The minimum Gasteiger partial charge on any atom is -0.480 e. The first-order valence-electron chi connectivity index (χ1n) is 5.68. The molecule has 1 amide bonds. The molecule has 0 aromatic heterocycles. The summed E-state index contributed by atoms with van der Waals surface area (Å²) in [4.78, 5) is 24.2. The van der Waals surface area contributed by atoms with Crippen molar-refractivity contribution in [2.24, 2.45) is 5.73 Å². The van der Waals surface area contributed by atoms with Gasteiger partial charge in [0, 0.05) is 12.6 Å². The summed E-state index contributed by atoms with van der Waals surface area (Å²) >= 11 is 0. The van der Waals surface area contributed by atoms with Crippen LogP contribution in [0.1, 0.15) is 33.6 Å². The second-order valence-corrected chi connectivity index (χ2v) is 5.31. The van der Waals surface area contributed by atoms with E-state index in [1.165, 1.54) is 4.90 Å². The number of nitrogens with two attached hydrogens (primary N) is 1. The molecule has 0 aromatic carbocycles. The third kappa shape index (κ3) is 3.89. The Balaban J connectivity index is 2.73. The van der Waals surface area contributed by atoms with Gasteiger partial charge in [0.1, 0.15) is 11.6 Å². The molecule has 0 radical (unpaired) electrons. The molecule has 1 aliphatic heterocycles. The maximum Gasteiger partial charge on any atom is 0.411 e. The molecule has 98 valence electrons. The zero-order valence-corrected chi connectivity index (χ0v) is 10.5. The van der Waals surface area contributed by atoms with E-state index in [1.54, 1.807) is 20.8 Å². The van der Waals surface area contributed by atoms with Crippen molar-refractivity contribution in [3.8, 4) is 0 Å². The summed E-state index contributed by atoms with van der Waals surface area (Å²) in [5.41, 5.74) is 5.09. The molecule has 0 saturated carbocycles. The summed E-state index contributed by atoms with van der Waals surface area (Å²) in [6.07, 6.45) is 0.286. The molecule has 1 rings (SSSR count). The normalized spacial score (nSPS) is 25.5. The van der Waals surface area contributed by atoms with Gasteiger partial charge < -0.3 is 15.6 Å². The monoisotopic (exact) mass is 244 g/mol. The van der Waals surface area contributed by atoms with E-state index in [2.05, 4.69) is 0 Å². The molecule has 6 nitrogen and oxygen atoms in total. The van der Waals surface area contributed by atoms with Crippen LogP contribution in [0, 0.1) is 0 Å². The van der Waals surface area contributed by atoms with Gasteiger partial charge in [-0.2, -0.15) is 0 Å². The molecule has 1 heterocycles. The Morgan fingerprint density at radius 2 is 2.00 bits per heavy atom. The van der Waals surface area contributed by atoms with Gasteiger partial charge in [-0.25, -0.2) is 9.59 Å². The highest BCUT2D eigenvalue weighted by atomic mass is 16.6. The number of carbonyl (C=O) groups is 2. The summed E-state index contributed by atoms with van der Waals surface area (Å²) in [7, 11) is 0. The maximum atomic E-state index is 11.8. The quantitative estimate of drug-likeness (QED) is 0.711. The largest absolute Gasteiger partial charge is 0.480 e. The van der Waals surface area contributed by atoms with E-state index < -0.39 is 23.7 Å². The van der Waals surface area contributed by atoms with Gasteiger partial charge in [-0.3, -0.25) is 4.90 Å². The van der Waals surface area contributed by atoms with E-state index in [0.29, 0.717) is 13.0 Å². The van der Waals surface area contributed by atoms with Crippen LogP contribution in [0.2, 0.25) is 0 Å². The number of ether oxygens (including phenoxy) is 1. The molecular weight excluding hydrogens is 224 g/mol. The van der Waals surface area contributed by atoms with Crippen molar-refractivity contribution in [1.82, 2.24) is 4.90 Å². The zero-order valence-electron chi connectivity index (χ0n) is 10.5. The standard InChI is InChI=1S/C11H20N2O4/c1-11(2,3)17-10(16)13-5-4-7(12)6-8(13)9(14)15/h7-8H,4-6,12H2,1-3H3,(H,14,15)/t7-,8+/m1/s1. The summed E-state index contributed by atoms with van der Waals surface area (Å²) in [5.74, 6) is -1.04. The Morgan fingerprint density at radius 3 is 2.47 bits per heavy atom. The molecular formula is C11H20N2O4. The topological polar surface area (TPSA) is 92.9 Å². The van der Waals surface area contributed by atoms with Crippen molar-refractivity contribution >= 4 is 12.1 Å². The van der Waals surface area contributed by atoms with Crippen LogP contribution in [0.25, 0.3) is 0 Å². The highest BCUT2D eigenvalue weighted by molar-refractivity contribution is 5.80. The van der Waals surface area contributed by atoms with Crippen molar-refractivity contribution in [2.75, 3.05) is 6.54 Å². The fraction of sp³-hybridized carbons (Fsp3) is 0.818. The Labute approximate surface area is 101 Å². The molecule has 1 saturated heterocycles. The summed E-state index contributed by atoms with van der Waals surface area (Å²) in [5, 5.41) is 9.07. The van der Waals surface area contributed by atoms with Gasteiger partial charge >= 0.3 is 12.1 Å². The smallest absolute Gasteiger partial charge is 0.411 e. The van der Waals surface area contributed by atoms with E-state index in [1.807, 2.05) is 0 Å². The average molecular weight is 244 g/mol. The zero-order chi connectivity index (χ0) is 13.2. The number of hydrogen-bond donors (Lipinski definition) is 2. The lowest BCUT2D eigenvalue weighted by atomic mass is 9.98. The van der Waals surface area contributed by atoms with E-state index >= 15 is 0 Å². The molecule has 6 heteroatoms. The Bertz CT molecular complexity index is 311. The molecule has 1 aliphatic rings. The van der Waals surface area contributed by atoms with E-state index in [4.69, 9.17) is 15.6 Å². The van der Waals surface area contributed by atoms with Crippen LogP contribution in [0.15, 0.2) is 0 Å². The Hall–Kier alpha value is -1.30. The molecule has 1 fully saturated rings. The first-order valence-corrected chi connectivity index (χ1v) is 5.68. The van der Waals surface area contributed by atoms with Crippen LogP contribution in [0.4, 0.5) is 4.79 Å². The predicted octanol–water partition coefficient (Wildman–Crippen LogP) is 0.798. The molecule has 3 N–H and O–H groups in total. The number of rotatable bonds is 1. The predicted molar refractivity (Wildman–Crippen MR) is 61.6 cm³/mol. The van der Waals surface area contributed by atoms with Gasteiger partial charge in [-0.05, 0) is 33.6 Å². The van der Waals surface area contributed by atoms with Crippen LogP contribution in [-0.2, 0) is 9.53 Å². The number of carboxylic acid groups (broad SMARTS) is 1. The first-order chi connectivity index (χ1) is 7.70. The number of hydrogen-bond acceptors (Lipinski definition) is 4. The van der Waals surface area contributed by atoms with Gasteiger partial charge in [-0.1, -0.05) is 0 Å². The van der Waals surface area contributed by atoms with E-state index in [-0.39, 0.29) is 12.5 Å². The fourth-order valence-corrected chi connectivity index (χ4v) is 1.77. The number of carboxylic acids is 1. The third-order valence-electron chi connectivity index (χ3n) is 2.56. The van der Waals surface area contributed by atoms with Gasteiger partial charge in [-0.15, -0.1) is 0 Å².